The van der Waals surface area contributed by atoms with Crippen LogP contribution >= 0.6 is 0 Å². The number of ketones is 1. The lowest BCUT2D eigenvalue weighted by molar-refractivity contribution is -0.117. The molecule has 1 saturated carbocycles. The van der Waals surface area contributed by atoms with Crippen LogP contribution < -0.4 is 4.74 Å². The van der Waals surface area contributed by atoms with Gasteiger partial charge < -0.3 is 4.74 Å². The Hall–Kier alpha value is -1.31. The van der Waals surface area contributed by atoms with Gasteiger partial charge in [-0.1, -0.05) is 17.7 Å². The third-order valence-corrected chi connectivity index (χ3v) is 2.82. The Labute approximate surface area is 90.3 Å². The van der Waals surface area contributed by atoms with Gasteiger partial charge in [0.1, 0.15) is 17.6 Å². The van der Waals surface area contributed by atoms with E-state index < -0.39 is 0 Å². The maximum atomic E-state index is 11.1. The number of carbonyl (C=O) groups excluding carboxylic acids is 1. The summed E-state index contributed by atoms with van der Waals surface area (Å²) in [5.74, 6) is 1.24. The first-order chi connectivity index (χ1) is 7.15. The predicted molar refractivity (Wildman–Crippen MR) is 59.2 cm³/mol. The van der Waals surface area contributed by atoms with Crippen LogP contribution in [0.3, 0.4) is 0 Å². The highest BCUT2D eigenvalue weighted by Gasteiger charge is 2.23. The number of benzene rings is 1. The zero-order valence-corrected chi connectivity index (χ0v) is 9.25. The van der Waals surface area contributed by atoms with E-state index in [9.17, 15) is 4.79 Å². The molecule has 0 aliphatic heterocycles. The van der Waals surface area contributed by atoms with Crippen molar-refractivity contribution in [2.75, 3.05) is 0 Å². The topological polar surface area (TPSA) is 26.3 Å². The molecule has 0 bridgehead atoms. The summed E-state index contributed by atoms with van der Waals surface area (Å²) in [5, 5.41) is 0. The standard InChI is InChI=1S/C13H16O2/c1-9-3-6-13(10(2)7-9)15-12-5-4-11(14)8-12/h3,6-7,12H,4-5,8H2,1-2H3. The van der Waals surface area contributed by atoms with Gasteiger partial charge >= 0.3 is 0 Å². The van der Waals surface area contributed by atoms with Gasteiger partial charge in [-0.25, -0.2) is 0 Å². The second kappa shape index (κ2) is 4.05. The fourth-order valence-electron chi connectivity index (χ4n) is 1.99. The number of aryl methyl sites for hydroxylation is 2. The normalized spacial score (nSPS) is 20.7. The van der Waals surface area contributed by atoms with Crippen molar-refractivity contribution in [3.63, 3.8) is 0 Å². The molecule has 2 rings (SSSR count). The van der Waals surface area contributed by atoms with Gasteiger partial charge in [0, 0.05) is 12.8 Å². The van der Waals surface area contributed by atoms with E-state index >= 15 is 0 Å². The number of Topliss-reactive ketones (excluding diaryl/α,β-unsaturated/α-hetero) is 1. The highest BCUT2D eigenvalue weighted by molar-refractivity contribution is 5.81. The molecule has 1 aliphatic rings. The summed E-state index contributed by atoms with van der Waals surface area (Å²) >= 11 is 0. The maximum absolute atomic E-state index is 11.1. The van der Waals surface area contributed by atoms with Crippen molar-refractivity contribution in [2.45, 2.75) is 39.2 Å². The lowest BCUT2D eigenvalue weighted by Crippen LogP contribution is -2.12. The van der Waals surface area contributed by atoms with Gasteiger partial charge in [-0.15, -0.1) is 0 Å². The lowest BCUT2D eigenvalue weighted by atomic mass is 10.1. The van der Waals surface area contributed by atoms with Crippen molar-refractivity contribution in [2.24, 2.45) is 0 Å². The third kappa shape index (κ3) is 2.38. The van der Waals surface area contributed by atoms with Crippen LogP contribution in [0.1, 0.15) is 30.4 Å². The molecule has 0 aromatic heterocycles. The second-order valence-corrected chi connectivity index (χ2v) is 4.29. The number of hydrogen-bond acceptors (Lipinski definition) is 2. The lowest BCUT2D eigenvalue weighted by Gasteiger charge is -2.14. The fraction of sp³-hybridized carbons (Fsp3) is 0.462. The van der Waals surface area contributed by atoms with Gasteiger partial charge in [-0.2, -0.15) is 0 Å². The molecule has 1 unspecified atom stereocenters. The minimum Gasteiger partial charge on any atom is -0.490 e. The van der Waals surface area contributed by atoms with Crippen LogP contribution in [0.5, 0.6) is 5.75 Å². The molecule has 0 heterocycles. The van der Waals surface area contributed by atoms with Crippen LogP contribution in [0.25, 0.3) is 0 Å². The molecule has 1 aromatic carbocycles. The molecule has 1 aromatic rings. The first-order valence-corrected chi connectivity index (χ1v) is 5.41. The highest BCUT2D eigenvalue weighted by atomic mass is 16.5. The predicted octanol–water partition coefficient (Wildman–Crippen LogP) is 2.80. The maximum Gasteiger partial charge on any atom is 0.136 e. The molecule has 0 amide bonds. The molecule has 1 atom stereocenters. The average molecular weight is 204 g/mol. The average Bonchev–Trinajstić information content (AvgIpc) is 2.56. The van der Waals surface area contributed by atoms with Gasteiger partial charge in [0.25, 0.3) is 0 Å². The van der Waals surface area contributed by atoms with E-state index in [0.717, 1.165) is 17.7 Å². The molecule has 1 aliphatic carbocycles. The molecular formula is C13H16O2. The summed E-state index contributed by atoms with van der Waals surface area (Å²) in [5.41, 5.74) is 2.39. The van der Waals surface area contributed by atoms with Crippen LogP contribution in [0.2, 0.25) is 0 Å². The van der Waals surface area contributed by atoms with Crippen molar-refractivity contribution in [1.82, 2.24) is 0 Å². The number of ether oxygens (including phenoxy) is 1. The first-order valence-electron chi connectivity index (χ1n) is 5.41. The Morgan fingerprint density at radius 3 is 2.73 bits per heavy atom. The molecular weight excluding hydrogens is 188 g/mol. The largest absolute Gasteiger partial charge is 0.490 e. The molecule has 0 radical (unpaired) electrons. The second-order valence-electron chi connectivity index (χ2n) is 4.29. The van der Waals surface area contributed by atoms with Crippen LogP contribution in [-0.4, -0.2) is 11.9 Å². The number of rotatable bonds is 2. The van der Waals surface area contributed by atoms with E-state index in [2.05, 4.69) is 13.0 Å². The minimum atomic E-state index is 0.0962. The summed E-state index contributed by atoms with van der Waals surface area (Å²) in [6.07, 6.45) is 2.22. The van der Waals surface area contributed by atoms with Crippen LogP contribution in [0.15, 0.2) is 18.2 Å². The third-order valence-electron chi connectivity index (χ3n) is 2.82. The Balaban J connectivity index is 2.07. The van der Waals surface area contributed by atoms with Gasteiger partial charge in [-0.3, -0.25) is 4.79 Å². The Morgan fingerprint density at radius 1 is 1.33 bits per heavy atom. The van der Waals surface area contributed by atoms with Crippen LogP contribution in [0, 0.1) is 13.8 Å². The Morgan fingerprint density at radius 2 is 2.13 bits per heavy atom. The summed E-state index contributed by atoms with van der Waals surface area (Å²) in [7, 11) is 0. The molecule has 1 fully saturated rings. The molecule has 2 nitrogen and oxygen atoms in total. The molecule has 80 valence electrons. The number of hydrogen-bond donors (Lipinski definition) is 0. The quantitative estimate of drug-likeness (QED) is 0.740. The zero-order valence-electron chi connectivity index (χ0n) is 9.25. The van der Waals surface area contributed by atoms with Gasteiger partial charge in [0.15, 0.2) is 0 Å². The SMILES string of the molecule is Cc1ccc(OC2CCC(=O)C2)c(C)c1. The smallest absolute Gasteiger partial charge is 0.136 e. The first kappa shape index (κ1) is 10.2. The van der Waals surface area contributed by atoms with Gasteiger partial charge in [0.05, 0.1) is 0 Å². The van der Waals surface area contributed by atoms with Gasteiger partial charge in [-0.05, 0) is 31.9 Å². The van der Waals surface area contributed by atoms with Crippen molar-refractivity contribution in [3.8, 4) is 5.75 Å². The monoisotopic (exact) mass is 204 g/mol. The molecule has 15 heavy (non-hydrogen) atoms. The van der Waals surface area contributed by atoms with Crippen molar-refractivity contribution in [3.05, 3.63) is 29.3 Å². The summed E-state index contributed by atoms with van der Waals surface area (Å²) < 4.78 is 5.81. The number of carbonyl (C=O) groups is 1. The Bertz CT molecular complexity index is 382. The van der Waals surface area contributed by atoms with Gasteiger partial charge in [0.2, 0.25) is 0 Å². The van der Waals surface area contributed by atoms with Crippen molar-refractivity contribution < 1.29 is 9.53 Å². The molecule has 2 heteroatoms. The van der Waals surface area contributed by atoms with E-state index in [0.29, 0.717) is 18.6 Å². The zero-order chi connectivity index (χ0) is 10.8. The van der Waals surface area contributed by atoms with Crippen molar-refractivity contribution in [1.29, 1.82) is 0 Å². The van der Waals surface area contributed by atoms with E-state index in [1.807, 2.05) is 19.1 Å². The highest BCUT2D eigenvalue weighted by Crippen LogP contribution is 2.25. The van der Waals surface area contributed by atoms with E-state index in [1.165, 1.54) is 5.56 Å². The summed E-state index contributed by atoms with van der Waals surface area (Å²) in [6.45, 7) is 4.11. The van der Waals surface area contributed by atoms with Crippen molar-refractivity contribution >= 4 is 5.78 Å². The molecule has 0 N–H and O–H groups in total. The Kier molecular flexibility index (Phi) is 2.76. The molecule has 0 spiro atoms. The van der Waals surface area contributed by atoms with Crippen LogP contribution in [-0.2, 0) is 4.79 Å². The fourth-order valence-corrected chi connectivity index (χ4v) is 1.99. The molecule has 0 saturated heterocycles. The van der Waals surface area contributed by atoms with Crippen LogP contribution in [0.4, 0.5) is 0 Å². The van der Waals surface area contributed by atoms with E-state index in [-0.39, 0.29) is 6.10 Å². The van der Waals surface area contributed by atoms with E-state index in [4.69, 9.17) is 4.74 Å². The summed E-state index contributed by atoms with van der Waals surface area (Å²) in [4.78, 5) is 11.1. The minimum absolute atomic E-state index is 0.0962. The summed E-state index contributed by atoms with van der Waals surface area (Å²) in [6, 6.07) is 6.14. The van der Waals surface area contributed by atoms with E-state index in [1.54, 1.807) is 0 Å².